The molecule has 14 heavy (non-hydrogen) atoms. The molecule has 80 valence electrons. The molecule has 0 radical (unpaired) electrons. The molecule has 0 aromatic heterocycles. The summed E-state index contributed by atoms with van der Waals surface area (Å²) in [5.74, 6) is -0.682. The maximum Gasteiger partial charge on any atom is 0.303 e. The van der Waals surface area contributed by atoms with Gasteiger partial charge in [0.1, 0.15) is 0 Å². The Morgan fingerprint density at radius 1 is 1.43 bits per heavy atom. The van der Waals surface area contributed by atoms with Crippen LogP contribution in [0.5, 0.6) is 0 Å². The van der Waals surface area contributed by atoms with Crippen molar-refractivity contribution in [1.29, 1.82) is 0 Å². The highest BCUT2D eigenvalue weighted by Gasteiger charge is 2.33. The molecule has 3 heteroatoms. The van der Waals surface area contributed by atoms with E-state index in [1.165, 1.54) is 6.42 Å². The molecule has 0 heterocycles. The van der Waals surface area contributed by atoms with E-state index in [1.807, 2.05) is 6.92 Å². The van der Waals surface area contributed by atoms with E-state index in [2.05, 4.69) is 4.99 Å². The first kappa shape index (κ1) is 11.2. The van der Waals surface area contributed by atoms with Crippen LogP contribution in [-0.4, -0.2) is 23.8 Å². The number of carbonyl (C=O) groups is 1. The Labute approximate surface area is 85.2 Å². The fourth-order valence-electron chi connectivity index (χ4n) is 2.30. The Kier molecular flexibility index (Phi) is 4.11. The quantitative estimate of drug-likeness (QED) is 0.704. The number of carboxylic acid groups (broad SMARTS) is 1. The zero-order chi connectivity index (χ0) is 10.4. The maximum atomic E-state index is 10.8. The molecular weight excluding hydrogens is 178 g/mol. The zero-order valence-corrected chi connectivity index (χ0v) is 8.83. The highest BCUT2D eigenvalue weighted by atomic mass is 16.4. The molecule has 0 spiro atoms. The van der Waals surface area contributed by atoms with E-state index in [0.29, 0.717) is 6.54 Å². The van der Waals surface area contributed by atoms with Crippen LogP contribution in [0, 0.1) is 5.41 Å². The predicted molar refractivity (Wildman–Crippen MR) is 56.8 cm³/mol. The minimum atomic E-state index is -0.682. The molecule has 0 bridgehead atoms. The van der Waals surface area contributed by atoms with Gasteiger partial charge in [-0.3, -0.25) is 9.79 Å². The third-order valence-corrected chi connectivity index (χ3v) is 3.05. The maximum absolute atomic E-state index is 10.8. The van der Waals surface area contributed by atoms with Gasteiger partial charge in [-0.1, -0.05) is 19.3 Å². The number of hydrogen-bond acceptors (Lipinski definition) is 2. The lowest BCUT2D eigenvalue weighted by Gasteiger charge is -2.34. The van der Waals surface area contributed by atoms with Gasteiger partial charge in [0, 0.05) is 12.0 Å². The molecular formula is C11H19NO2. The van der Waals surface area contributed by atoms with Crippen molar-refractivity contribution in [2.45, 2.75) is 45.4 Å². The lowest BCUT2D eigenvalue weighted by molar-refractivity contribution is -0.140. The average Bonchev–Trinajstić information content (AvgIpc) is 2.15. The normalized spacial score (nSPS) is 21.2. The Morgan fingerprint density at radius 2 is 2.07 bits per heavy atom. The number of hydrogen-bond donors (Lipinski definition) is 1. The van der Waals surface area contributed by atoms with Gasteiger partial charge >= 0.3 is 5.97 Å². The third-order valence-electron chi connectivity index (χ3n) is 3.05. The van der Waals surface area contributed by atoms with Gasteiger partial charge in [-0.25, -0.2) is 0 Å². The number of aliphatic carboxylic acids is 1. The van der Waals surface area contributed by atoms with Crippen molar-refractivity contribution >= 4 is 12.2 Å². The van der Waals surface area contributed by atoms with E-state index >= 15 is 0 Å². The van der Waals surface area contributed by atoms with Crippen LogP contribution in [0.2, 0.25) is 0 Å². The molecule has 0 aromatic rings. The summed E-state index contributed by atoms with van der Waals surface area (Å²) in [6.45, 7) is 2.58. The van der Waals surface area contributed by atoms with Crippen LogP contribution in [0.15, 0.2) is 4.99 Å². The van der Waals surface area contributed by atoms with Gasteiger partial charge in [-0.15, -0.1) is 0 Å². The van der Waals surface area contributed by atoms with Gasteiger partial charge < -0.3 is 5.11 Å². The van der Waals surface area contributed by atoms with Crippen LogP contribution in [0.25, 0.3) is 0 Å². The average molecular weight is 197 g/mol. The van der Waals surface area contributed by atoms with Crippen LogP contribution in [0.1, 0.15) is 45.4 Å². The van der Waals surface area contributed by atoms with Gasteiger partial charge in [0.2, 0.25) is 0 Å². The van der Waals surface area contributed by atoms with Gasteiger partial charge in [0.05, 0.1) is 6.42 Å². The van der Waals surface area contributed by atoms with Gasteiger partial charge in [0.25, 0.3) is 0 Å². The second-order valence-corrected chi connectivity index (χ2v) is 4.23. The van der Waals surface area contributed by atoms with Crippen molar-refractivity contribution in [2.75, 3.05) is 6.54 Å². The molecule has 0 unspecified atom stereocenters. The summed E-state index contributed by atoms with van der Waals surface area (Å²) in [4.78, 5) is 15.0. The van der Waals surface area contributed by atoms with Crippen LogP contribution < -0.4 is 0 Å². The van der Waals surface area contributed by atoms with Crippen molar-refractivity contribution in [2.24, 2.45) is 10.4 Å². The smallest absolute Gasteiger partial charge is 0.303 e. The highest BCUT2D eigenvalue weighted by Crippen LogP contribution is 2.39. The van der Waals surface area contributed by atoms with Crippen molar-refractivity contribution in [3.63, 3.8) is 0 Å². The summed E-state index contributed by atoms with van der Waals surface area (Å²) in [6.07, 6.45) is 7.67. The summed E-state index contributed by atoms with van der Waals surface area (Å²) in [5.41, 5.74) is -0.0450. The summed E-state index contributed by atoms with van der Waals surface area (Å²) in [7, 11) is 0. The van der Waals surface area contributed by atoms with Crippen LogP contribution >= 0.6 is 0 Å². The zero-order valence-electron chi connectivity index (χ0n) is 8.83. The molecule has 1 saturated carbocycles. The predicted octanol–water partition coefficient (Wildman–Crippen LogP) is 2.50. The molecule has 1 aliphatic carbocycles. The number of rotatable bonds is 4. The van der Waals surface area contributed by atoms with Crippen molar-refractivity contribution in [3.05, 3.63) is 0 Å². The largest absolute Gasteiger partial charge is 0.481 e. The van der Waals surface area contributed by atoms with Crippen molar-refractivity contribution < 1.29 is 9.90 Å². The van der Waals surface area contributed by atoms with E-state index in [4.69, 9.17) is 5.11 Å². The third kappa shape index (κ3) is 3.13. The molecule has 0 atom stereocenters. The topological polar surface area (TPSA) is 49.7 Å². The molecule has 1 N–H and O–H groups in total. The molecule has 1 aliphatic rings. The molecule has 0 saturated heterocycles. The van der Waals surface area contributed by atoms with Crippen LogP contribution in [0.4, 0.5) is 0 Å². The fraction of sp³-hybridized carbons (Fsp3) is 0.818. The first-order valence-electron chi connectivity index (χ1n) is 5.35. The van der Waals surface area contributed by atoms with Crippen LogP contribution in [-0.2, 0) is 4.79 Å². The van der Waals surface area contributed by atoms with E-state index < -0.39 is 5.97 Å². The number of nitrogens with zero attached hydrogens (tertiary/aromatic N) is 1. The monoisotopic (exact) mass is 197 g/mol. The van der Waals surface area contributed by atoms with E-state index in [9.17, 15) is 4.79 Å². The molecule has 3 nitrogen and oxygen atoms in total. The minimum absolute atomic E-state index is 0.0450. The first-order chi connectivity index (χ1) is 6.68. The lowest BCUT2D eigenvalue weighted by Crippen LogP contribution is -2.30. The van der Waals surface area contributed by atoms with Crippen molar-refractivity contribution in [1.82, 2.24) is 0 Å². The number of carboxylic acids is 1. The number of aliphatic imine (C=N–C) groups is 1. The van der Waals surface area contributed by atoms with Gasteiger partial charge in [0.15, 0.2) is 0 Å². The fourth-order valence-corrected chi connectivity index (χ4v) is 2.30. The van der Waals surface area contributed by atoms with Crippen LogP contribution in [0.3, 0.4) is 0 Å². The van der Waals surface area contributed by atoms with E-state index in [-0.39, 0.29) is 11.8 Å². The Hall–Kier alpha value is -0.860. The molecule has 0 aliphatic heterocycles. The summed E-state index contributed by atoms with van der Waals surface area (Å²) in [6, 6.07) is 0. The molecule has 1 rings (SSSR count). The highest BCUT2D eigenvalue weighted by molar-refractivity contribution is 5.67. The second kappa shape index (κ2) is 5.13. The summed E-state index contributed by atoms with van der Waals surface area (Å²) >= 11 is 0. The molecule has 1 fully saturated rings. The summed E-state index contributed by atoms with van der Waals surface area (Å²) < 4.78 is 0. The summed E-state index contributed by atoms with van der Waals surface area (Å²) in [5, 5.41) is 8.88. The Bertz CT molecular complexity index is 217. The van der Waals surface area contributed by atoms with Gasteiger partial charge in [-0.2, -0.15) is 0 Å². The van der Waals surface area contributed by atoms with Crippen molar-refractivity contribution in [3.8, 4) is 0 Å². The second-order valence-electron chi connectivity index (χ2n) is 4.23. The first-order valence-corrected chi connectivity index (χ1v) is 5.35. The Morgan fingerprint density at radius 3 is 2.57 bits per heavy atom. The standard InChI is InChI=1S/C11H19NO2/c1-2-12-9-11(8-10(13)14)6-4-3-5-7-11/h2H,3-9H2,1H3,(H,13,14). The van der Waals surface area contributed by atoms with E-state index in [1.54, 1.807) is 6.21 Å². The minimum Gasteiger partial charge on any atom is -0.481 e. The Balaban J connectivity index is 2.61. The SMILES string of the molecule is CC=NCC1(CC(=O)O)CCCCC1. The van der Waals surface area contributed by atoms with Gasteiger partial charge in [-0.05, 0) is 26.0 Å². The van der Waals surface area contributed by atoms with E-state index in [0.717, 1.165) is 25.7 Å². The molecule has 0 aromatic carbocycles. The lowest BCUT2D eigenvalue weighted by atomic mass is 9.72. The molecule has 0 amide bonds.